The smallest absolute Gasteiger partial charge is 0.0916 e. The summed E-state index contributed by atoms with van der Waals surface area (Å²) < 4.78 is 0. The molecule has 0 bridgehead atoms. The van der Waals surface area contributed by atoms with Crippen molar-refractivity contribution in [2.45, 2.75) is 51.0 Å². The zero-order chi connectivity index (χ0) is 14.5. The topological polar surface area (TPSA) is 23.5 Å². The van der Waals surface area contributed by atoms with Crippen molar-refractivity contribution in [1.82, 2.24) is 4.90 Å². The molecule has 1 heterocycles. The molecular weight excluding hydrogens is 258 g/mol. The molecule has 1 aliphatic carbocycles. The highest BCUT2D eigenvalue weighted by Crippen LogP contribution is 2.35. The van der Waals surface area contributed by atoms with Gasteiger partial charge in [-0.2, -0.15) is 0 Å². The Labute approximate surface area is 129 Å². The van der Waals surface area contributed by atoms with Crippen LogP contribution in [0.3, 0.4) is 0 Å². The van der Waals surface area contributed by atoms with Crippen LogP contribution in [-0.4, -0.2) is 29.6 Å². The highest BCUT2D eigenvalue weighted by atomic mass is 16.3. The fraction of sp³-hybridized carbons (Fsp3) is 0.684. The van der Waals surface area contributed by atoms with Gasteiger partial charge in [0.15, 0.2) is 0 Å². The molecule has 2 nitrogen and oxygen atoms in total. The van der Waals surface area contributed by atoms with Gasteiger partial charge in [-0.15, -0.1) is 0 Å². The van der Waals surface area contributed by atoms with Gasteiger partial charge in [-0.05, 0) is 43.3 Å². The molecule has 116 valence electrons. The van der Waals surface area contributed by atoms with E-state index in [0.717, 1.165) is 23.9 Å². The van der Waals surface area contributed by atoms with Crippen LogP contribution in [0.1, 0.15) is 56.6 Å². The maximum atomic E-state index is 10.3. The van der Waals surface area contributed by atoms with Crippen molar-refractivity contribution >= 4 is 0 Å². The second-order valence-corrected chi connectivity index (χ2v) is 6.96. The van der Waals surface area contributed by atoms with Crippen LogP contribution >= 0.6 is 0 Å². The van der Waals surface area contributed by atoms with Gasteiger partial charge in [0.2, 0.25) is 0 Å². The Hall–Kier alpha value is -0.860. The minimum atomic E-state index is -0.336. The Morgan fingerprint density at radius 1 is 0.905 bits per heavy atom. The Balaban J connectivity index is 1.45. The summed E-state index contributed by atoms with van der Waals surface area (Å²) in [6, 6.07) is 10.1. The summed E-state index contributed by atoms with van der Waals surface area (Å²) in [7, 11) is 0. The molecule has 1 N–H and O–H groups in total. The van der Waals surface area contributed by atoms with Gasteiger partial charge in [-0.1, -0.05) is 62.4 Å². The maximum Gasteiger partial charge on any atom is 0.0916 e. The third-order valence-corrected chi connectivity index (χ3v) is 5.56. The van der Waals surface area contributed by atoms with Crippen LogP contribution in [0.15, 0.2) is 30.3 Å². The second kappa shape index (κ2) is 7.42. The van der Waals surface area contributed by atoms with Crippen molar-refractivity contribution in [1.29, 1.82) is 0 Å². The minimum Gasteiger partial charge on any atom is -0.387 e. The van der Waals surface area contributed by atoms with Gasteiger partial charge in [0.1, 0.15) is 0 Å². The molecule has 2 heteroatoms. The Morgan fingerprint density at radius 2 is 1.52 bits per heavy atom. The lowest BCUT2D eigenvalue weighted by atomic mass is 9.76. The van der Waals surface area contributed by atoms with Gasteiger partial charge < -0.3 is 10.0 Å². The van der Waals surface area contributed by atoms with E-state index in [-0.39, 0.29) is 6.10 Å². The van der Waals surface area contributed by atoms with Crippen molar-refractivity contribution < 1.29 is 5.11 Å². The number of benzene rings is 1. The van der Waals surface area contributed by atoms with Crippen LogP contribution in [0.2, 0.25) is 0 Å². The van der Waals surface area contributed by atoms with E-state index in [2.05, 4.69) is 4.90 Å². The quantitative estimate of drug-likeness (QED) is 0.904. The summed E-state index contributed by atoms with van der Waals surface area (Å²) >= 11 is 0. The van der Waals surface area contributed by atoms with Crippen molar-refractivity contribution in [3.8, 4) is 0 Å². The number of hydrogen-bond donors (Lipinski definition) is 1. The van der Waals surface area contributed by atoms with Crippen LogP contribution in [0.5, 0.6) is 0 Å². The first-order valence-corrected chi connectivity index (χ1v) is 8.78. The Kier molecular flexibility index (Phi) is 5.32. The van der Waals surface area contributed by atoms with Crippen molar-refractivity contribution in [2.24, 2.45) is 11.8 Å². The molecule has 2 fully saturated rings. The highest BCUT2D eigenvalue weighted by Gasteiger charge is 2.28. The lowest BCUT2D eigenvalue weighted by Crippen LogP contribution is -2.38. The van der Waals surface area contributed by atoms with E-state index in [0.29, 0.717) is 0 Å². The maximum absolute atomic E-state index is 10.3. The van der Waals surface area contributed by atoms with E-state index in [1.54, 1.807) is 0 Å². The predicted octanol–water partition coefficient (Wildman–Crippen LogP) is 4.01. The fourth-order valence-electron chi connectivity index (χ4n) is 4.24. The zero-order valence-electron chi connectivity index (χ0n) is 13.1. The van der Waals surface area contributed by atoms with Gasteiger partial charge in [-0.25, -0.2) is 0 Å². The molecule has 1 aromatic carbocycles. The van der Waals surface area contributed by atoms with Gasteiger partial charge in [0.25, 0.3) is 0 Å². The molecule has 0 aromatic heterocycles. The summed E-state index contributed by atoms with van der Waals surface area (Å²) in [6.45, 7) is 3.14. The average Bonchev–Trinajstić information content (AvgIpc) is 2.57. The fourth-order valence-corrected chi connectivity index (χ4v) is 4.24. The molecule has 2 aliphatic rings. The summed E-state index contributed by atoms with van der Waals surface area (Å²) in [5, 5.41) is 10.3. The molecule has 3 rings (SSSR count). The van der Waals surface area contributed by atoms with E-state index >= 15 is 0 Å². The molecule has 1 atom stereocenters. The molecule has 1 aliphatic heterocycles. The zero-order valence-corrected chi connectivity index (χ0v) is 13.1. The van der Waals surface area contributed by atoms with Crippen LogP contribution in [0, 0.1) is 11.8 Å². The molecule has 0 amide bonds. The molecule has 1 unspecified atom stereocenters. The Bertz CT molecular complexity index is 405. The molecular formula is C19H29NO. The van der Waals surface area contributed by atoms with Gasteiger partial charge in [0.05, 0.1) is 6.10 Å². The van der Waals surface area contributed by atoms with Gasteiger partial charge in [0, 0.05) is 6.54 Å². The van der Waals surface area contributed by atoms with Crippen molar-refractivity contribution in [3.63, 3.8) is 0 Å². The number of aliphatic hydroxyl groups excluding tert-OH is 1. The number of aliphatic hydroxyl groups is 1. The third kappa shape index (κ3) is 4.08. The lowest BCUT2D eigenvalue weighted by Gasteiger charge is -2.38. The van der Waals surface area contributed by atoms with E-state index in [9.17, 15) is 5.11 Å². The summed E-state index contributed by atoms with van der Waals surface area (Å²) in [6.07, 6.45) is 9.65. The SMILES string of the molecule is OC(CN1CCC(C2CCCCC2)CC1)c1ccccc1. The van der Waals surface area contributed by atoms with E-state index in [4.69, 9.17) is 0 Å². The number of likely N-dealkylation sites (tertiary alicyclic amines) is 1. The number of piperidine rings is 1. The minimum absolute atomic E-state index is 0.336. The molecule has 0 spiro atoms. The second-order valence-electron chi connectivity index (χ2n) is 6.96. The summed E-state index contributed by atoms with van der Waals surface area (Å²) in [4.78, 5) is 2.46. The predicted molar refractivity (Wildman–Crippen MR) is 87.1 cm³/mol. The first-order valence-electron chi connectivity index (χ1n) is 8.78. The van der Waals surface area contributed by atoms with Crippen LogP contribution < -0.4 is 0 Å². The normalized spacial score (nSPS) is 24.0. The number of nitrogens with zero attached hydrogens (tertiary/aromatic N) is 1. The van der Waals surface area contributed by atoms with E-state index in [1.807, 2.05) is 30.3 Å². The first kappa shape index (κ1) is 15.1. The Morgan fingerprint density at radius 3 is 2.19 bits per heavy atom. The molecule has 21 heavy (non-hydrogen) atoms. The first-order chi connectivity index (χ1) is 10.3. The average molecular weight is 287 g/mol. The highest BCUT2D eigenvalue weighted by molar-refractivity contribution is 5.17. The van der Waals surface area contributed by atoms with Crippen LogP contribution in [0.4, 0.5) is 0 Å². The molecule has 1 saturated carbocycles. The van der Waals surface area contributed by atoms with Gasteiger partial charge in [-0.3, -0.25) is 0 Å². The summed E-state index contributed by atoms with van der Waals surface area (Å²) in [5.41, 5.74) is 1.05. The standard InChI is InChI=1S/C19H29NO/c21-19(18-9-5-2-6-10-18)15-20-13-11-17(12-14-20)16-7-3-1-4-8-16/h2,5-6,9-10,16-17,19,21H,1,3-4,7-8,11-15H2. The molecule has 0 radical (unpaired) electrons. The van der Waals surface area contributed by atoms with Gasteiger partial charge >= 0.3 is 0 Å². The molecule has 1 saturated heterocycles. The number of hydrogen-bond acceptors (Lipinski definition) is 2. The van der Waals surface area contributed by atoms with Crippen LogP contribution in [0.25, 0.3) is 0 Å². The summed E-state index contributed by atoms with van der Waals surface area (Å²) in [5.74, 6) is 1.95. The van der Waals surface area contributed by atoms with Crippen molar-refractivity contribution in [3.05, 3.63) is 35.9 Å². The van der Waals surface area contributed by atoms with E-state index in [1.165, 1.54) is 58.0 Å². The number of β-amino-alcohol motifs (C(OH)–C–C–N with tert-alkyl or cyclic N) is 1. The van der Waals surface area contributed by atoms with Crippen molar-refractivity contribution in [2.75, 3.05) is 19.6 Å². The van der Waals surface area contributed by atoms with E-state index < -0.39 is 0 Å². The molecule has 1 aromatic rings. The largest absolute Gasteiger partial charge is 0.387 e. The monoisotopic (exact) mass is 287 g/mol. The lowest BCUT2D eigenvalue weighted by molar-refractivity contribution is 0.0726. The third-order valence-electron chi connectivity index (χ3n) is 5.56. The van der Waals surface area contributed by atoms with Crippen LogP contribution in [-0.2, 0) is 0 Å². The number of rotatable bonds is 4.